The first-order valence-corrected chi connectivity index (χ1v) is 5.58. The Morgan fingerprint density at radius 1 is 1.28 bits per heavy atom. The van der Waals surface area contributed by atoms with Crippen LogP contribution in [0.3, 0.4) is 0 Å². The van der Waals surface area contributed by atoms with Gasteiger partial charge in [0.05, 0.1) is 19.2 Å². The highest BCUT2D eigenvalue weighted by Gasteiger charge is 2.13. The molecule has 2 N–H and O–H groups in total. The molecule has 0 bridgehead atoms. The first-order valence-electron chi connectivity index (χ1n) is 5.58. The molecule has 0 fully saturated rings. The Bertz CT molecular complexity index is 553. The zero-order valence-electron chi connectivity index (χ0n) is 10.1. The van der Waals surface area contributed by atoms with Gasteiger partial charge in [-0.05, 0) is 24.3 Å². The fraction of sp³-hybridized carbons (Fsp3) is 0.143. The molecule has 4 heteroatoms. The van der Waals surface area contributed by atoms with Crippen LogP contribution in [0.5, 0.6) is 5.75 Å². The van der Waals surface area contributed by atoms with E-state index in [1.54, 1.807) is 24.4 Å². The topological polar surface area (TPSA) is 65.2 Å². The summed E-state index contributed by atoms with van der Waals surface area (Å²) in [4.78, 5) is 16.3. The molecule has 1 heterocycles. The van der Waals surface area contributed by atoms with Gasteiger partial charge in [0.2, 0.25) is 0 Å². The number of hydrogen-bond donors (Lipinski definition) is 1. The molecule has 2 rings (SSSR count). The first-order chi connectivity index (χ1) is 8.72. The summed E-state index contributed by atoms with van der Waals surface area (Å²) in [7, 11) is 1.53. The van der Waals surface area contributed by atoms with E-state index in [0.29, 0.717) is 17.0 Å². The van der Waals surface area contributed by atoms with E-state index in [0.717, 1.165) is 5.69 Å². The van der Waals surface area contributed by atoms with E-state index >= 15 is 0 Å². The van der Waals surface area contributed by atoms with Crippen molar-refractivity contribution in [3.63, 3.8) is 0 Å². The van der Waals surface area contributed by atoms with Crippen LogP contribution < -0.4 is 10.5 Å². The molecule has 1 aromatic carbocycles. The number of nitrogens with zero attached hydrogens (tertiary/aromatic N) is 1. The Balaban J connectivity index is 2.24. The van der Waals surface area contributed by atoms with Crippen molar-refractivity contribution in [1.29, 1.82) is 0 Å². The molecule has 0 aliphatic rings. The molecule has 4 nitrogen and oxygen atoms in total. The average molecular weight is 242 g/mol. The predicted molar refractivity (Wildman–Crippen MR) is 69.7 cm³/mol. The SMILES string of the molecule is COc1cccc(C(=O)Cc2ccccn2)c1N. The van der Waals surface area contributed by atoms with Crippen molar-refractivity contribution < 1.29 is 9.53 Å². The van der Waals surface area contributed by atoms with Crippen molar-refractivity contribution >= 4 is 11.5 Å². The van der Waals surface area contributed by atoms with Gasteiger partial charge in [-0.2, -0.15) is 0 Å². The van der Waals surface area contributed by atoms with Gasteiger partial charge in [-0.1, -0.05) is 12.1 Å². The highest BCUT2D eigenvalue weighted by Crippen LogP contribution is 2.25. The molecule has 0 amide bonds. The van der Waals surface area contributed by atoms with Crippen molar-refractivity contribution in [3.05, 3.63) is 53.9 Å². The van der Waals surface area contributed by atoms with Gasteiger partial charge in [0.25, 0.3) is 0 Å². The zero-order valence-corrected chi connectivity index (χ0v) is 10.1. The van der Waals surface area contributed by atoms with Gasteiger partial charge in [0.1, 0.15) is 5.75 Å². The molecular weight excluding hydrogens is 228 g/mol. The van der Waals surface area contributed by atoms with E-state index in [-0.39, 0.29) is 12.2 Å². The maximum absolute atomic E-state index is 12.1. The number of aromatic nitrogens is 1. The third-order valence-electron chi connectivity index (χ3n) is 2.65. The van der Waals surface area contributed by atoms with E-state index in [2.05, 4.69) is 4.98 Å². The largest absolute Gasteiger partial charge is 0.495 e. The first kappa shape index (κ1) is 12.1. The Morgan fingerprint density at radius 2 is 2.11 bits per heavy atom. The van der Waals surface area contributed by atoms with E-state index in [1.807, 2.05) is 18.2 Å². The Labute approximate surface area is 105 Å². The molecule has 18 heavy (non-hydrogen) atoms. The van der Waals surface area contributed by atoms with Crippen LogP contribution in [0.4, 0.5) is 5.69 Å². The maximum Gasteiger partial charge on any atom is 0.171 e. The number of benzene rings is 1. The Kier molecular flexibility index (Phi) is 3.57. The molecule has 0 spiro atoms. The van der Waals surface area contributed by atoms with Crippen molar-refractivity contribution in [2.45, 2.75) is 6.42 Å². The van der Waals surface area contributed by atoms with Gasteiger partial charge < -0.3 is 10.5 Å². The number of carbonyl (C=O) groups is 1. The minimum Gasteiger partial charge on any atom is -0.495 e. The molecule has 0 aliphatic carbocycles. The number of hydrogen-bond acceptors (Lipinski definition) is 4. The number of ether oxygens (including phenoxy) is 1. The summed E-state index contributed by atoms with van der Waals surface area (Å²) in [6, 6.07) is 10.7. The monoisotopic (exact) mass is 242 g/mol. The normalized spacial score (nSPS) is 10.1. The molecule has 0 unspecified atom stereocenters. The predicted octanol–water partition coefficient (Wildman–Crippen LogP) is 2.10. The molecule has 2 aromatic rings. The van der Waals surface area contributed by atoms with Crippen molar-refractivity contribution in [2.75, 3.05) is 12.8 Å². The van der Waals surface area contributed by atoms with Crippen LogP contribution in [0.15, 0.2) is 42.6 Å². The van der Waals surface area contributed by atoms with Crippen molar-refractivity contribution in [2.24, 2.45) is 0 Å². The number of ketones is 1. The summed E-state index contributed by atoms with van der Waals surface area (Å²) in [5.74, 6) is 0.451. The fourth-order valence-corrected chi connectivity index (χ4v) is 1.73. The summed E-state index contributed by atoms with van der Waals surface area (Å²) < 4.78 is 5.09. The highest BCUT2D eigenvalue weighted by atomic mass is 16.5. The molecule has 0 aliphatic heterocycles. The number of Topliss-reactive ketones (excluding diaryl/α,β-unsaturated/α-hetero) is 1. The lowest BCUT2D eigenvalue weighted by Crippen LogP contribution is -2.08. The number of anilines is 1. The third kappa shape index (κ3) is 2.48. The van der Waals surface area contributed by atoms with Crippen molar-refractivity contribution in [1.82, 2.24) is 4.98 Å². The third-order valence-corrected chi connectivity index (χ3v) is 2.65. The zero-order chi connectivity index (χ0) is 13.0. The Morgan fingerprint density at radius 3 is 2.78 bits per heavy atom. The number of rotatable bonds is 4. The lowest BCUT2D eigenvalue weighted by molar-refractivity contribution is 0.0992. The van der Waals surface area contributed by atoms with Crippen molar-refractivity contribution in [3.8, 4) is 5.75 Å². The molecule has 0 radical (unpaired) electrons. The van der Waals surface area contributed by atoms with E-state index in [9.17, 15) is 4.79 Å². The van der Waals surface area contributed by atoms with Crippen LogP contribution in [0, 0.1) is 0 Å². The summed E-state index contributed by atoms with van der Waals surface area (Å²) in [6.07, 6.45) is 1.90. The number of methoxy groups -OCH3 is 1. The summed E-state index contributed by atoms with van der Waals surface area (Å²) in [5, 5.41) is 0. The summed E-state index contributed by atoms with van der Waals surface area (Å²) in [6.45, 7) is 0. The minimum atomic E-state index is -0.0647. The van der Waals surface area contributed by atoms with Gasteiger partial charge in [0, 0.05) is 17.5 Å². The van der Waals surface area contributed by atoms with Crippen LogP contribution in [-0.4, -0.2) is 17.9 Å². The fourth-order valence-electron chi connectivity index (χ4n) is 1.73. The van der Waals surface area contributed by atoms with E-state index in [4.69, 9.17) is 10.5 Å². The van der Waals surface area contributed by atoms with Gasteiger partial charge in [-0.15, -0.1) is 0 Å². The second-order valence-electron chi connectivity index (χ2n) is 3.84. The second-order valence-corrected chi connectivity index (χ2v) is 3.84. The maximum atomic E-state index is 12.1. The number of pyridine rings is 1. The van der Waals surface area contributed by atoms with Crippen LogP contribution in [-0.2, 0) is 6.42 Å². The number of nitrogens with two attached hydrogens (primary N) is 1. The number of carbonyl (C=O) groups excluding carboxylic acids is 1. The summed E-state index contributed by atoms with van der Waals surface area (Å²) >= 11 is 0. The van der Waals surface area contributed by atoms with E-state index in [1.165, 1.54) is 7.11 Å². The van der Waals surface area contributed by atoms with E-state index < -0.39 is 0 Å². The smallest absolute Gasteiger partial charge is 0.171 e. The average Bonchev–Trinajstić information content (AvgIpc) is 2.40. The van der Waals surface area contributed by atoms with Gasteiger partial charge in [-0.25, -0.2) is 0 Å². The Hall–Kier alpha value is -2.36. The van der Waals surface area contributed by atoms with Crippen LogP contribution in [0.1, 0.15) is 16.1 Å². The quantitative estimate of drug-likeness (QED) is 0.658. The van der Waals surface area contributed by atoms with Gasteiger partial charge in [-0.3, -0.25) is 9.78 Å². The van der Waals surface area contributed by atoms with Crippen LogP contribution in [0.2, 0.25) is 0 Å². The molecular formula is C14H14N2O2. The molecule has 1 aromatic heterocycles. The summed E-state index contributed by atoms with van der Waals surface area (Å²) in [5.41, 5.74) is 7.46. The lowest BCUT2D eigenvalue weighted by Gasteiger charge is -2.08. The van der Waals surface area contributed by atoms with Gasteiger partial charge in [0.15, 0.2) is 5.78 Å². The molecule has 0 atom stereocenters. The molecule has 0 saturated heterocycles. The van der Waals surface area contributed by atoms with Crippen LogP contribution in [0.25, 0.3) is 0 Å². The van der Waals surface area contributed by atoms with Gasteiger partial charge >= 0.3 is 0 Å². The molecule has 0 saturated carbocycles. The standard InChI is InChI=1S/C14H14N2O2/c1-18-13-7-4-6-11(14(13)15)12(17)9-10-5-2-3-8-16-10/h2-8H,9,15H2,1H3. The highest BCUT2D eigenvalue weighted by molar-refractivity contribution is 6.02. The minimum absolute atomic E-state index is 0.0647. The molecule has 92 valence electrons. The lowest BCUT2D eigenvalue weighted by atomic mass is 10.0. The number of para-hydroxylation sites is 1. The van der Waals surface area contributed by atoms with Crippen LogP contribution >= 0.6 is 0 Å². The second kappa shape index (κ2) is 5.31. The number of nitrogen functional groups attached to an aromatic ring is 1.